The highest BCUT2D eigenvalue weighted by Gasteiger charge is 2.02. The van der Waals surface area contributed by atoms with E-state index in [-0.39, 0.29) is 12.5 Å². The van der Waals surface area contributed by atoms with Crippen LogP contribution in [0.25, 0.3) is 0 Å². The van der Waals surface area contributed by atoms with Crippen molar-refractivity contribution in [3.8, 4) is 11.8 Å². The van der Waals surface area contributed by atoms with E-state index in [0.29, 0.717) is 11.3 Å². The van der Waals surface area contributed by atoms with Gasteiger partial charge in [0.1, 0.15) is 5.75 Å². The number of hydrogen-bond acceptors (Lipinski definition) is 4. The first kappa shape index (κ1) is 17.7. The molecule has 1 amide bonds. The fourth-order valence-electron chi connectivity index (χ4n) is 1.83. The molecule has 5 nitrogen and oxygen atoms in total. The monoisotopic (exact) mass is 301 g/mol. The first-order valence-electron chi connectivity index (χ1n) is 7.60. The third-order valence-electron chi connectivity index (χ3n) is 3.12. The van der Waals surface area contributed by atoms with Crippen molar-refractivity contribution in [2.75, 3.05) is 6.61 Å². The lowest BCUT2D eigenvalue weighted by molar-refractivity contribution is -0.123. The Balaban J connectivity index is 2.26. The van der Waals surface area contributed by atoms with E-state index in [1.807, 2.05) is 13.0 Å². The quantitative estimate of drug-likeness (QED) is 0.431. The Kier molecular flexibility index (Phi) is 8.36. The molecule has 0 spiro atoms. The number of amides is 1. The third-order valence-corrected chi connectivity index (χ3v) is 3.12. The molecular weight excluding hydrogens is 278 g/mol. The summed E-state index contributed by atoms with van der Waals surface area (Å²) in [4.78, 5) is 11.6. The van der Waals surface area contributed by atoms with Crippen molar-refractivity contribution in [1.82, 2.24) is 5.43 Å². The van der Waals surface area contributed by atoms with Gasteiger partial charge in [0.2, 0.25) is 0 Å². The highest BCUT2D eigenvalue weighted by Crippen LogP contribution is 2.11. The van der Waals surface area contributed by atoms with Gasteiger partial charge in [0.05, 0.1) is 11.6 Å². The zero-order valence-electron chi connectivity index (χ0n) is 13.3. The van der Waals surface area contributed by atoms with Crippen molar-refractivity contribution in [2.24, 2.45) is 5.10 Å². The number of carbonyl (C=O) groups is 1. The highest BCUT2D eigenvalue weighted by atomic mass is 16.5. The average Bonchev–Trinajstić information content (AvgIpc) is 2.55. The molecule has 0 atom stereocenters. The van der Waals surface area contributed by atoms with Gasteiger partial charge in [-0.3, -0.25) is 4.79 Å². The molecule has 1 aromatic rings. The molecule has 0 aliphatic heterocycles. The van der Waals surface area contributed by atoms with Crippen LogP contribution in [0.15, 0.2) is 29.4 Å². The van der Waals surface area contributed by atoms with Crippen molar-refractivity contribution >= 4 is 11.6 Å². The Bertz CT molecular complexity index is 530. The molecule has 0 radical (unpaired) electrons. The van der Waals surface area contributed by atoms with Crippen LogP contribution >= 0.6 is 0 Å². The number of hydrogen-bond donors (Lipinski definition) is 1. The number of hydrazone groups is 1. The van der Waals surface area contributed by atoms with Crippen molar-refractivity contribution in [3.05, 3.63) is 29.8 Å². The van der Waals surface area contributed by atoms with Crippen LogP contribution in [0.3, 0.4) is 0 Å². The summed E-state index contributed by atoms with van der Waals surface area (Å²) in [5.74, 6) is 0.256. The molecule has 0 unspecified atom stereocenters. The molecule has 0 aliphatic rings. The molecule has 1 rings (SSSR count). The molecule has 118 valence electrons. The lowest BCUT2D eigenvalue weighted by Gasteiger charge is -2.05. The van der Waals surface area contributed by atoms with E-state index in [9.17, 15) is 4.79 Å². The second-order valence-electron chi connectivity index (χ2n) is 5.12. The minimum Gasteiger partial charge on any atom is -0.484 e. The maximum Gasteiger partial charge on any atom is 0.277 e. The molecule has 0 bridgehead atoms. The van der Waals surface area contributed by atoms with Crippen LogP contribution in [0.4, 0.5) is 0 Å². The number of nitrogens with one attached hydrogen (secondary N) is 1. The van der Waals surface area contributed by atoms with E-state index in [4.69, 9.17) is 10.00 Å². The molecular formula is C17H23N3O2. The van der Waals surface area contributed by atoms with Gasteiger partial charge in [-0.15, -0.1) is 0 Å². The summed E-state index contributed by atoms with van der Waals surface area (Å²) >= 11 is 0. The predicted octanol–water partition coefficient (Wildman–Crippen LogP) is 3.40. The van der Waals surface area contributed by atoms with Gasteiger partial charge in [0.25, 0.3) is 5.91 Å². The zero-order chi connectivity index (χ0) is 16.2. The minimum absolute atomic E-state index is 0.0987. The number of benzene rings is 1. The zero-order valence-corrected chi connectivity index (χ0v) is 13.3. The number of ether oxygens (including phenoxy) is 1. The Hall–Kier alpha value is -2.35. The maximum absolute atomic E-state index is 11.6. The Morgan fingerprint density at radius 3 is 2.64 bits per heavy atom. The number of carbonyl (C=O) groups excluding carboxylic acids is 1. The molecule has 22 heavy (non-hydrogen) atoms. The number of nitriles is 1. The van der Waals surface area contributed by atoms with Gasteiger partial charge in [0.15, 0.2) is 6.61 Å². The molecule has 0 fully saturated rings. The van der Waals surface area contributed by atoms with Crippen LogP contribution in [0, 0.1) is 11.3 Å². The fourth-order valence-corrected chi connectivity index (χ4v) is 1.83. The number of nitrogens with zero attached hydrogens (tertiary/aromatic N) is 2. The largest absolute Gasteiger partial charge is 0.484 e. The second kappa shape index (κ2) is 10.4. The highest BCUT2D eigenvalue weighted by molar-refractivity contribution is 5.84. The van der Waals surface area contributed by atoms with E-state index in [1.165, 1.54) is 19.3 Å². The Morgan fingerprint density at radius 1 is 1.27 bits per heavy atom. The van der Waals surface area contributed by atoms with E-state index >= 15 is 0 Å². The molecule has 5 heteroatoms. The number of rotatable bonds is 9. The van der Waals surface area contributed by atoms with Gasteiger partial charge in [-0.05, 0) is 44.0 Å². The summed E-state index contributed by atoms with van der Waals surface area (Å²) in [6.07, 6.45) is 5.63. The van der Waals surface area contributed by atoms with Gasteiger partial charge < -0.3 is 4.74 Å². The first-order chi connectivity index (χ1) is 10.7. The summed E-state index contributed by atoms with van der Waals surface area (Å²) < 4.78 is 5.32. The topological polar surface area (TPSA) is 74.5 Å². The smallest absolute Gasteiger partial charge is 0.277 e. The van der Waals surface area contributed by atoms with E-state index in [2.05, 4.69) is 17.5 Å². The van der Waals surface area contributed by atoms with Crippen LogP contribution in [0.2, 0.25) is 0 Å². The van der Waals surface area contributed by atoms with E-state index < -0.39 is 0 Å². The SMILES string of the molecule is CCCCCC/C(C)=N\NC(=O)COc1ccc(C#N)cc1. The first-order valence-corrected chi connectivity index (χ1v) is 7.60. The molecule has 0 heterocycles. The summed E-state index contributed by atoms with van der Waals surface area (Å²) in [7, 11) is 0. The predicted molar refractivity (Wildman–Crippen MR) is 86.7 cm³/mol. The molecule has 0 saturated carbocycles. The molecule has 0 aromatic heterocycles. The van der Waals surface area contributed by atoms with Crippen LogP contribution in [-0.2, 0) is 4.79 Å². The van der Waals surface area contributed by atoms with E-state index in [1.54, 1.807) is 24.3 Å². The number of unbranched alkanes of at least 4 members (excludes halogenated alkanes) is 3. The summed E-state index contributed by atoms with van der Waals surface area (Å²) in [5, 5.41) is 12.7. The summed E-state index contributed by atoms with van der Waals surface area (Å²) in [6, 6.07) is 8.63. The van der Waals surface area contributed by atoms with Gasteiger partial charge in [-0.1, -0.05) is 26.2 Å². The van der Waals surface area contributed by atoms with Crippen molar-refractivity contribution in [3.63, 3.8) is 0 Å². The second-order valence-corrected chi connectivity index (χ2v) is 5.12. The fraction of sp³-hybridized carbons (Fsp3) is 0.471. The molecule has 1 N–H and O–H groups in total. The van der Waals surface area contributed by atoms with Gasteiger partial charge in [-0.2, -0.15) is 10.4 Å². The van der Waals surface area contributed by atoms with Crippen molar-refractivity contribution in [1.29, 1.82) is 5.26 Å². The standard InChI is InChI=1S/C17H23N3O2/c1-3-4-5-6-7-14(2)19-20-17(21)13-22-16-10-8-15(12-18)9-11-16/h8-11H,3-7,13H2,1-2H3,(H,20,21)/b19-14-. The molecule has 1 aromatic carbocycles. The van der Waals surface area contributed by atoms with Crippen LogP contribution in [0.1, 0.15) is 51.5 Å². The normalized spacial score (nSPS) is 10.9. The molecule has 0 saturated heterocycles. The third kappa shape index (κ3) is 7.44. The van der Waals surface area contributed by atoms with Crippen molar-refractivity contribution in [2.45, 2.75) is 46.0 Å². The van der Waals surface area contributed by atoms with Crippen LogP contribution in [-0.4, -0.2) is 18.2 Å². The lowest BCUT2D eigenvalue weighted by Crippen LogP contribution is -2.25. The van der Waals surface area contributed by atoms with E-state index in [0.717, 1.165) is 18.6 Å². The summed E-state index contributed by atoms with van der Waals surface area (Å²) in [6.45, 7) is 3.99. The lowest BCUT2D eigenvalue weighted by atomic mass is 10.1. The molecule has 0 aliphatic carbocycles. The van der Waals surface area contributed by atoms with Crippen molar-refractivity contribution < 1.29 is 9.53 Å². The van der Waals surface area contributed by atoms with Gasteiger partial charge >= 0.3 is 0 Å². The average molecular weight is 301 g/mol. The Morgan fingerprint density at radius 2 is 2.00 bits per heavy atom. The van der Waals surface area contributed by atoms with Gasteiger partial charge in [-0.25, -0.2) is 5.43 Å². The summed E-state index contributed by atoms with van der Waals surface area (Å²) in [5.41, 5.74) is 3.96. The minimum atomic E-state index is -0.294. The van der Waals surface area contributed by atoms with Gasteiger partial charge in [0, 0.05) is 5.71 Å². The Labute approximate surface area is 132 Å². The van der Waals surface area contributed by atoms with Crippen LogP contribution in [0.5, 0.6) is 5.75 Å². The van der Waals surface area contributed by atoms with Crippen LogP contribution < -0.4 is 10.2 Å². The maximum atomic E-state index is 11.6.